The number of hydrogen-bond donors (Lipinski definition) is 3. The number of hydrogen-bond acceptors (Lipinski definition) is 4. The van der Waals surface area contributed by atoms with Crippen molar-refractivity contribution in [2.75, 3.05) is 13.7 Å². The molecular weight excluding hydrogens is 265 g/mol. The largest absolute Gasteiger partial charge is 0.504 e. The molecule has 0 fully saturated rings. The summed E-state index contributed by atoms with van der Waals surface area (Å²) in [5, 5.41) is 11.4. The van der Waals surface area contributed by atoms with E-state index in [0.29, 0.717) is 0 Å². The van der Waals surface area contributed by atoms with Crippen LogP contribution in [-0.4, -0.2) is 30.8 Å². The number of benzene rings is 1. The minimum atomic E-state index is -4.46. The van der Waals surface area contributed by atoms with Crippen molar-refractivity contribution < 1.29 is 27.8 Å². The van der Waals surface area contributed by atoms with E-state index in [1.54, 1.807) is 0 Å². The van der Waals surface area contributed by atoms with Crippen LogP contribution in [0.25, 0.3) is 0 Å². The first-order valence-corrected chi connectivity index (χ1v) is 5.21. The SMILES string of the molecule is COc1cc(C(NCC(F)(F)F)C(N)=O)ccc1O. The highest BCUT2D eigenvalue weighted by atomic mass is 19.4. The molecule has 8 heteroatoms. The highest BCUT2D eigenvalue weighted by Gasteiger charge is 2.30. The van der Waals surface area contributed by atoms with Crippen molar-refractivity contribution in [3.8, 4) is 11.5 Å². The Morgan fingerprint density at radius 1 is 1.53 bits per heavy atom. The normalized spacial score (nSPS) is 13.1. The zero-order valence-corrected chi connectivity index (χ0v) is 9.99. The van der Waals surface area contributed by atoms with E-state index < -0.39 is 24.7 Å². The second-order valence-electron chi connectivity index (χ2n) is 3.76. The minimum Gasteiger partial charge on any atom is -0.504 e. The highest BCUT2D eigenvalue weighted by Crippen LogP contribution is 2.29. The highest BCUT2D eigenvalue weighted by molar-refractivity contribution is 5.81. The molecular formula is C11H13F3N2O3. The van der Waals surface area contributed by atoms with Crippen LogP contribution >= 0.6 is 0 Å². The van der Waals surface area contributed by atoms with Crippen molar-refractivity contribution in [2.24, 2.45) is 5.73 Å². The van der Waals surface area contributed by atoms with Crippen LogP contribution in [-0.2, 0) is 4.79 Å². The summed E-state index contributed by atoms with van der Waals surface area (Å²) in [6, 6.07) is 2.42. The third kappa shape index (κ3) is 4.32. The Morgan fingerprint density at radius 2 is 2.16 bits per heavy atom. The van der Waals surface area contributed by atoms with Crippen molar-refractivity contribution in [1.29, 1.82) is 0 Å². The van der Waals surface area contributed by atoms with Gasteiger partial charge in [0, 0.05) is 0 Å². The maximum Gasteiger partial charge on any atom is 0.401 e. The average Bonchev–Trinajstić information content (AvgIpc) is 2.29. The molecule has 0 heterocycles. The number of aromatic hydroxyl groups is 1. The van der Waals surface area contributed by atoms with Crippen molar-refractivity contribution in [3.05, 3.63) is 23.8 Å². The van der Waals surface area contributed by atoms with E-state index in [-0.39, 0.29) is 17.1 Å². The lowest BCUT2D eigenvalue weighted by molar-refractivity contribution is -0.130. The molecule has 0 aromatic heterocycles. The van der Waals surface area contributed by atoms with Crippen molar-refractivity contribution in [2.45, 2.75) is 12.2 Å². The van der Waals surface area contributed by atoms with Crippen LogP contribution in [0.5, 0.6) is 11.5 Å². The van der Waals surface area contributed by atoms with Crippen molar-refractivity contribution >= 4 is 5.91 Å². The van der Waals surface area contributed by atoms with Gasteiger partial charge in [-0.2, -0.15) is 13.2 Å². The summed E-state index contributed by atoms with van der Waals surface area (Å²) in [5.41, 5.74) is 5.23. The second-order valence-corrected chi connectivity index (χ2v) is 3.76. The van der Waals surface area contributed by atoms with Gasteiger partial charge < -0.3 is 15.6 Å². The van der Waals surface area contributed by atoms with E-state index in [1.807, 2.05) is 5.32 Å². The van der Waals surface area contributed by atoms with Crippen LogP contribution in [0, 0.1) is 0 Å². The van der Waals surface area contributed by atoms with E-state index in [4.69, 9.17) is 10.5 Å². The number of nitrogens with one attached hydrogen (secondary N) is 1. The number of ether oxygens (including phenoxy) is 1. The number of phenolic OH excluding ortho intramolecular Hbond substituents is 1. The summed E-state index contributed by atoms with van der Waals surface area (Å²) in [6.45, 7) is -1.36. The molecule has 0 spiro atoms. The maximum atomic E-state index is 12.1. The molecule has 0 saturated carbocycles. The van der Waals surface area contributed by atoms with Gasteiger partial charge in [-0.05, 0) is 17.7 Å². The van der Waals surface area contributed by atoms with Crippen LogP contribution in [0.4, 0.5) is 13.2 Å². The van der Waals surface area contributed by atoms with Gasteiger partial charge in [0.1, 0.15) is 6.04 Å². The van der Waals surface area contributed by atoms with Crippen LogP contribution < -0.4 is 15.8 Å². The topological polar surface area (TPSA) is 84.6 Å². The summed E-state index contributed by atoms with van der Waals surface area (Å²) < 4.78 is 41.2. The summed E-state index contributed by atoms with van der Waals surface area (Å²) in [4.78, 5) is 11.2. The number of carbonyl (C=O) groups is 1. The number of nitrogens with two attached hydrogens (primary N) is 1. The molecule has 0 radical (unpaired) electrons. The van der Waals surface area contributed by atoms with Gasteiger partial charge in [0.25, 0.3) is 0 Å². The monoisotopic (exact) mass is 278 g/mol. The van der Waals surface area contributed by atoms with Crippen LogP contribution in [0.3, 0.4) is 0 Å². The molecule has 1 amide bonds. The Morgan fingerprint density at radius 3 is 2.63 bits per heavy atom. The Kier molecular flexibility index (Phi) is 4.60. The van der Waals surface area contributed by atoms with Gasteiger partial charge in [-0.15, -0.1) is 0 Å². The maximum absolute atomic E-state index is 12.1. The molecule has 1 rings (SSSR count). The molecule has 1 aromatic rings. The summed E-state index contributed by atoms with van der Waals surface area (Å²) in [7, 11) is 1.28. The Balaban J connectivity index is 2.96. The van der Waals surface area contributed by atoms with Gasteiger partial charge in [-0.3, -0.25) is 10.1 Å². The van der Waals surface area contributed by atoms with Gasteiger partial charge in [-0.1, -0.05) is 6.07 Å². The van der Waals surface area contributed by atoms with E-state index in [9.17, 15) is 23.1 Å². The summed E-state index contributed by atoms with van der Waals surface area (Å²) in [6.07, 6.45) is -4.46. The van der Waals surface area contributed by atoms with E-state index >= 15 is 0 Å². The fraction of sp³-hybridized carbons (Fsp3) is 0.364. The van der Waals surface area contributed by atoms with Gasteiger partial charge in [0.2, 0.25) is 5.91 Å². The first-order valence-electron chi connectivity index (χ1n) is 5.21. The molecule has 4 N–H and O–H groups in total. The molecule has 0 aliphatic carbocycles. The lowest BCUT2D eigenvalue weighted by Crippen LogP contribution is -2.38. The molecule has 0 bridgehead atoms. The number of phenols is 1. The first-order chi connectivity index (χ1) is 8.74. The van der Waals surface area contributed by atoms with Crippen molar-refractivity contribution in [3.63, 3.8) is 0 Å². The van der Waals surface area contributed by atoms with Crippen LogP contribution in [0.1, 0.15) is 11.6 Å². The molecule has 5 nitrogen and oxygen atoms in total. The number of carbonyl (C=O) groups excluding carboxylic acids is 1. The number of primary amides is 1. The molecule has 1 aromatic carbocycles. The quantitative estimate of drug-likeness (QED) is 0.752. The smallest absolute Gasteiger partial charge is 0.401 e. The number of alkyl halides is 3. The zero-order chi connectivity index (χ0) is 14.6. The molecule has 1 atom stereocenters. The predicted octanol–water partition coefficient (Wildman–Crippen LogP) is 1.08. The third-order valence-electron chi connectivity index (χ3n) is 2.33. The third-order valence-corrected chi connectivity index (χ3v) is 2.33. The van der Waals surface area contributed by atoms with Gasteiger partial charge >= 0.3 is 6.18 Å². The first kappa shape index (κ1) is 15.1. The Hall–Kier alpha value is -1.96. The Bertz CT molecular complexity index is 463. The number of halogens is 3. The number of amides is 1. The number of rotatable bonds is 5. The molecule has 0 aliphatic heterocycles. The molecule has 0 aliphatic rings. The number of methoxy groups -OCH3 is 1. The average molecular weight is 278 g/mol. The fourth-order valence-corrected chi connectivity index (χ4v) is 1.47. The molecule has 0 saturated heterocycles. The molecule has 1 unspecified atom stereocenters. The van der Waals surface area contributed by atoms with Crippen molar-refractivity contribution in [1.82, 2.24) is 5.32 Å². The standard InChI is InChI=1S/C11H13F3N2O3/c1-19-8-4-6(2-3-7(8)17)9(10(15)18)16-5-11(12,13)14/h2-4,9,16-17H,5H2,1H3,(H2,15,18). The summed E-state index contributed by atoms with van der Waals surface area (Å²) in [5.74, 6) is -1.11. The van der Waals surface area contributed by atoms with Gasteiger partial charge in [-0.25, -0.2) is 0 Å². The lowest BCUT2D eigenvalue weighted by atomic mass is 10.1. The fourth-order valence-electron chi connectivity index (χ4n) is 1.47. The van der Waals surface area contributed by atoms with E-state index in [0.717, 1.165) is 0 Å². The minimum absolute atomic E-state index is 0.0394. The Labute approximate surface area is 107 Å². The lowest BCUT2D eigenvalue weighted by Gasteiger charge is -2.18. The van der Waals surface area contributed by atoms with E-state index in [1.165, 1.54) is 25.3 Å². The second kappa shape index (κ2) is 5.79. The molecule has 19 heavy (non-hydrogen) atoms. The van der Waals surface area contributed by atoms with Crippen LogP contribution in [0.2, 0.25) is 0 Å². The predicted molar refractivity (Wildman–Crippen MR) is 60.7 cm³/mol. The zero-order valence-electron chi connectivity index (χ0n) is 9.99. The van der Waals surface area contributed by atoms with Crippen LogP contribution in [0.15, 0.2) is 18.2 Å². The van der Waals surface area contributed by atoms with Gasteiger partial charge in [0.05, 0.1) is 13.7 Å². The summed E-state index contributed by atoms with van der Waals surface area (Å²) >= 11 is 0. The molecule has 106 valence electrons. The van der Waals surface area contributed by atoms with E-state index in [2.05, 4.69) is 0 Å². The van der Waals surface area contributed by atoms with Gasteiger partial charge in [0.15, 0.2) is 11.5 Å².